The summed E-state index contributed by atoms with van der Waals surface area (Å²) in [6.07, 6.45) is -14.7. The summed E-state index contributed by atoms with van der Waals surface area (Å²) < 4.78 is 112. The number of halogens is 8. The van der Waals surface area contributed by atoms with E-state index in [1.165, 1.54) is 0 Å². The Morgan fingerprint density at radius 1 is 0.818 bits per heavy atom. The van der Waals surface area contributed by atoms with Gasteiger partial charge in [0.15, 0.2) is 0 Å². The molecular formula is C10H14F8O3Si. The molecule has 0 radical (unpaired) electrons. The van der Waals surface area contributed by atoms with Crippen LogP contribution < -0.4 is 0 Å². The molecule has 0 aromatic heterocycles. The summed E-state index contributed by atoms with van der Waals surface area (Å²) in [5.41, 5.74) is 0. The van der Waals surface area contributed by atoms with Crippen LogP contribution >= 0.6 is 0 Å². The van der Waals surface area contributed by atoms with Gasteiger partial charge in [-0.15, -0.1) is 26.3 Å². The second-order valence-corrected chi connectivity index (χ2v) is 7.46. The Hall–Kier alpha value is -0.463. The van der Waals surface area contributed by atoms with Gasteiger partial charge in [0.1, 0.15) is 0 Å². The maximum absolute atomic E-state index is 13.9. The van der Waals surface area contributed by atoms with Gasteiger partial charge in [-0.3, -0.25) is 8.85 Å². The smallest absolute Gasteiger partial charge is 0.313 e. The lowest BCUT2D eigenvalue weighted by atomic mass is 10.1. The zero-order chi connectivity index (χ0) is 17.2. The number of hydrogen-bond donors (Lipinski definition) is 0. The van der Waals surface area contributed by atoms with Crippen molar-refractivity contribution in [3.05, 3.63) is 0 Å². The van der Waals surface area contributed by atoms with Crippen molar-refractivity contribution in [3.8, 4) is 0 Å². The highest BCUT2D eigenvalue weighted by Gasteiger charge is 2.61. The van der Waals surface area contributed by atoms with Crippen LogP contribution in [0.3, 0.4) is 0 Å². The molecule has 0 atom stereocenters. The van der Waals surface area contributed by atoms with E-state index in [0.29, 0.717) is 12.8 Å². The van der Waals surface area contributed by atoms with E-state index in [2.05, 4.69) is 13.3 Å². The molecule has 1 aliphatic carbocycles. The normalized spacial score (nSPS) is 19.0. The van der Waals surface area contributed by atoms with Crippen molar-refractivity contribution in [2.75, 3.05) is 0 Å². The quantitative estimate of drug-likeness (QED) is 0.501. The molecule has 0 aromatic rings. The van der Waals surface area contributed by atoms with Gasteiger partial charge >= 0.3 is 27.6 Å². The Morgan fingerprint density at radius 2 is 1.23 bits per heavy atom. The summed E-state index contributed by atoms with van der Waals surface area (Å²) in [7, 11) is -5.74. The minimum atomic E-state index is -5.74. The topological polar surface area (TPSA) is 27.7 Å². The SMILES string of the molecule is CC[Si](OC(F)(F)F)(OC(F)(F)F)OC(F)(F)C1CCCC1. The molecule has 0 spiro atoms. The lowest BCUT2D eigenvalue weighted by Gasteiger charge is -2.35. The van der Waals surface area contributed by atoms with Crippen molar-refractivity contribution in [1.29, 1.82) is 0 Å². The molecule has 22 heavy (non-hydrogen) atoms. The van der Waals surface area contributed by atoms with E-state index >= 15 is 0 Å². The number of alkyl halides is 8. The molecule has 1 rings (SSSR count). The van der Waals surface area contributed by atoms with Crippen LogP contribution in [0.15, 0.2) is 0 Å². The van der Waals surface area contributed by atoms with Gasteiger partial charge in [0.05, 0.1) is 0 Å². The van der Waals surface area contributed by atoms with Crippen molar-refractivity contribution in [2.45, 2.75) is 57.5 Å². The second kappa shape index (κ2) is 6.57. The van der Waals surface area contributed by atoms with Crippen molar-refractivity contribution in [1.82, 2.24) is 0 Å². The van der Waals surface area contributed by atoms with Crippen LogP contribution in [0.5, 0.6) is 0 Å². The average Bonchev–Trinajstić information content (AvgIpc) is 2.76. The maximum Gasteiger partial charge on any atom is 0.517 e. The minimum Gasteiger partial charge on any atom is -0.313 e. The first-order valence-electron chi connectivity index (χ1n) is 6.40. The summed E-state index contributed by atoms with van der Waals surface area (Å²) in [6.45, 7) is 0.800. The highest BCUT2D eigenvalue weighted by atomic mass is 28.4. The van der Waals surface area contributed by atoms with Crippen molar-refractivity contribution in [3.63, 3.8) is 0 Å². The first kappa shape index (κ1) is 19.6. The van der Waals surface area contributed by atoms with E-state index in [-0.39, 0.29) is 12.8 Å². The van der Waals surface area contributed by atoms with Crippen LogP contribution in [0, 0.1) is 5.92 Å². The minimum absolute atomic E-state index is 0.0563. The summed E-state index contributed by atoms with van der Waals surface area (Å²) >= 11 is 0. The van der Waals surface area contributed by atoms with Gasteiger partial charge in [-0.25, -0.2) is 0 Å². The Labute approximate surface area is 121 Å². The summed E-state index contributed by atoms with van der Waals surface area (Å²) in [5, 5.41) is 0. The number of rotatable bonds is 6. The van der Waals surface area contributed by atoms with Crippen LogP contribution in [0.1, 0.15) is 32.6 Å². The average molecular weight is 362 g/mol. The number of hydrogen-bond acceptors (Lipinski definition) is 3. The van der Waals surface area contributed by atoms with Gasteiger partial charge in [-0.05, 0) is 12.8 Å². The molecule has 0 heterocycles. The van der Waals surface area contributed by atoms with Crippen LogP contribution in [0.2, 0.25) is 6.04 Å². The van der Waals surface area contributed by atoms with E-state index in [9.17, 15) is 35.1 Å². The lowest BCUT2D eigenvalue weighted by molar-refractivity contribution is -0.354. The highest BCUT2D eigenvalue weighted by molar-refractivity contribution is 6.60. The van der Waals surface area contributed by atoms with Gasteiger partial charge in [0.25, 0.3) is 0 Å². The second-order valence-electron chi connectivity index (χ2n) is 4.78. The van der Waals surface area contributed by atoms with Gasteiger partial charge in [0, 0.05) is 12.0 Å². The summed E-state index contributed by atoms with van der Waals surface area (Å²) in [5.74, 6) is -1.46. The summed E-state index contributed by atoms with van der Waals surface area (Å²) in [6, 6.07) is -1.12. The largest absolute Gasteiger partial charge is 0.517 e. The Bertz CT molecular complexity index is 348. The van der Waals surface area contributed by atoms with E-state index in [1.807, 2.05) is 0 Å². The molecular weight excluding hydrogens is 348 g/mol. The van der Waals surface area contributed by atoms with Gasteiger partial charge in [-0.1, -0.05) is 19.8 Å². The molecule has 1 fully saturated rings. The third kappa shape index (κ3) is 5.97. The third-order valence-corrected chi connectivity index (χ3v) is 5.63. The van der Waals surface area contributed by atoms with Crippen molar-refractivity contribution < 1.29 is 48.4 Å². The molecule has 0 aliphatic heterocycles. The first-order chi connectivity index (χ1) is 9.79. The standard InChI is InChI=1S/C10H14F8O3Si/c1-2-22(20-9(13,14)15,21-10(16,17)18)19-8(11,12)7-5-3-4-6-7/h7H,2-6H2,1H3. The molecule has 0 bridgehead atoms. The third-order valence-electron chi connectivity index (χ3n) is 3.10. The zero-order valence-corrected chi connectivity index (χ0v) is 12.4. The molecule has 12 heteroatoms. The molecule has 0 N–H and O–H groups in total. The van der Waals surface area contributed by atoms with Crippen LogP contribution in [-0.2, 0) is 13.3 Å². The Morgan fingerprint density at radius 3 is 1.55 bits per heavy atom. The fraction of sp³-hybridized carbons (Fsp3) is 1.00. The summed E-state index contributed by atoms with van der Waals surface area (Å²) in [4.78, 5) is 0. The lowest BCUT2D eigenvalue weighted by Crippen LogP contribution is -2.56. The predicted molar refractivity (Wildman–Crippen MR) is 58.5 cm³/mol. The van der Waals surface area contributed by atoms with Crippen LogP contribution in [0.25, 0.3) is 0 Å². The fourth-order valence-corrected chi connectivity index (χ4v) is 4.03. The van der Waals surface area contributed by atoms with Crippen molar-refractivity contribution in [2.24, 2.45) is 5.92 Å². The van der Waals surface area contributed by atoms with Gasteiger partial charge in [0.2, 0.25) is 0 Å². The molecule has 1 aliphatic rings. The maximum atomic E-state index is 13.9. The Kier molecular flexibility index (Phi) is 5.85. The van der Waals surface area contributed by atoms with Crippen molar-refractivity contribution >= 4 is 8.80 Å². The monoisotopic (exact) mass is 362 g/mol. The Balaban J connectivity index is 3.01. The highest BCUT2D eigenvalue weighted by Crippen LogP contribution is 2.43. The zero-order valence-electron chi connectivity index (χ0n) is 11.4. The van der Waals surface area contributed by atoms with E-state index in [0.717, 1.165) is 6.92 Å². The molecule has 0 aromatic carbocycles. The molecule has 0 saturated heterocycles. The van der Waals surface area contributed by atoms with E-state index < -0.39 is 39.6 Å². The van der Waals surface area contributed by atoms with Crippen LogP contribution in [-0.4, -0.2) is 27.6 Å². The first-order valence-corrected chi connectivity index (χ1v) is 8.33. The predicted octanol–water partition coefficient (Wildman–Crippen LogP) is 4.82. The molecule has 132 valence electrons. The van der Waals surface area contributed by atoms with E-state index in [4.69, 9.17) is 0 Å². The molecule has 1 saturated carbocycles. The van der Waals surface area contributed by atoms with E-state index in [1.54, 1.807) is 0 Å². The van der Waals surface area contributed by atoms with Crippen LogP contribution in [0.4, 0.5) is 35.1 Å². The molecule has 0 unspecified atom stereocenters. The fourth-order valence-electron chi connectivity index (χ4n) is 2.18. The van der Waals surface area contributed by atoms with Gasteiger partial charge in [-0.2, -0.15) is 8.78 Å². The van der Waals surface area contributed by atoms with Gasteiger partial charge < -0.3 is 4.43 Å². The molecule has 0 amide bonds. The molecule has 3 nitrogen and oxygen atoms in total.